The first-order chi connectivity index (χ1) is 33.8. The molecule has 2 heterocycles. The van der Waals surface area contributed by atoms with Gasteiger partial charge in [0.25, 0.3) is 0 Å². The number of anilines is 3. The first-order valence-electron chi connectivity index (χ1n) is 23.3. The van der Waals surface area contributed by atoms with Gasteiger partial charge in [-0.2, -0.15) is 0 Å². The van der Waals surface area contributed by atoms with E-state index < -0.39 is 5.41 Å². The number of furan rings is 1. The van der Waals surface area contributed by atoms with Crippen molar-refractivity contribution < 1.29 is 4.42 Å². The minimum Gasteiger partial charge on any atom is -0.455 e. The Morgan fingerprint density at radius 1 is 0.353 bits per heavy atom. The van der Waals surface area contributed by atoms with Crippen LogP contribution in [0.3, 0.4) is 0 Å². The molecule has 0 radical (unpaired) electrons. The second-order valence-corrected chi connectivity index (χ2v) is 18.9. The van der Waals surface area contributed by atoms with Crippen LogP contribution in [0, 0.1) is 0 Å². The van der Waals surface area contributed by atoms with Gasteiger partial charge in [0.05, 0.1) is 16.8 Å². The lowest BCUT2D eigenvalue weighted by Crippen LogP contribution is -2.28. The highest BCUT2D eigenvalue weighted by atomic mass is 32.1. The molecule has 11 aromatic carbocycles. The van der Waals surface area contributed by atoms with Gasteiger partial charge in [-0.15, -0.1) is 11.3 Å². The Morgan fingerprint density at radius 2 is 0.926 bits per heavy atom. The molecule has 0 N–H and O–H groups in total. The normalized spacial score (nSPS) is 12.8. The summed E-state index contributed by atoms with van der Waals surface area (Å²) >= 11 is 1.87. The van der Waals surface area contributed by atoms with Crippen LogP contribution in [0.2, 0.25) is 0 Å². The molecule has 0 unspecified atom stereocenters. The lowest BCUT2D eigenvalue weighted by Gasteiger charge is -2.34. The maximum absolute atomic E-state index is 7.05. The molecule has 0 aliphatic heterocycles. The van der Waals surface area contributed by atoms with Crippen molar-refractivity contribution in [3.8, 4) is 33.4 Å². The molecule has 0 fully saturated rings. The molecule has 14 rings (SSSR count). The molecular weight excluding hydrogens is 843 g/mol. The van der Waals surface area contributed by atoms with Gasteiger partial charge in [0.15, 0.2) is 0 Å². The van der Waals surface area contributed by atoms with Gasteiger partial charge in [-0.3, -0.25) is 0 Å². The number of hydrogen-bond donors (Lipinski definition) is 0. The molecule has 0 saturated heterocycles. The second kappa shape index (κ2) is 15.3. The van der Waals surface area contributed by atoms with Crippen molar-refractivity contribution in [3.63, 3.8) is 0 Å². The maximum Gasteiger partial charge on any atom is 0.143 e. The van der Waals surface area contributed by atoms with Crippen molar-refractivity contribution in [3.05, 3.63) is 271 Å². The molecule has 68 heavy (non-hydrogen) atoms. The fourth-order valence-corrected chi connectivity index (χ4v) is 12.7. The Hall–Kier alpha value is -8.50. The molecule has 318 valence electrons. The van der Waals surface area contributed by atoms with Gasteiger partial charge in [0.1, 0.15) is 11.2 Å². The van der Waals surface area contributed by atoms with Crippen molar-refractivity contribution in [2.45, 2.75) is 5.41 Å². The summed E-state index contributed by atoms with van der Waals surface area (Å²) in [6.07, 6.45) is 0. The third kappa shape index (κ3) is 5.63. The van der Waals surface area contributed by atoms with Gasteiger partial charge in [0.2, 0.25) is 0 Å². The highest BCUT2D eigenvalue weighted by Gasteiger charge is 2.47. The van der Waals surface area contributed by atoms with Crippen LogP contribution < -0.4 is 4.90 Å². The van der Waals surface area contributed by atoms with Crippen molar-refractivity contribution in [2.24, 2.45) is 0 Å². The SMILES string of the molecule is c1ccc(C2(c3ccccc3)c3ccccc3-c3c(N(c4ccc(-c5cccc6c5sc5ccccc56)cc4)c4ccccc4-c4cccc5c4oc4c6ccccc6ccc54)cccc32)cc1. The summed E-state index contributed by atoms with van der Waals surface area (Å²) in [6.45, 7) is 0. The van der Waals surface area contributed by atoms with Gasteiger partial charge in [-0.1, -0.05) is 212 Å². The average Bonchev–Trinajstić information content (AvgIpc) is 4.09. The zero-order chi connectivity index (χ0) is 44.8. The summed E-state index contributed by atoms with van der Waals surface area (Å²) in [5, 5.41) is 7.12. The number of hydrogen-bond acceptors (Lipinski definition) is 3. The van der Waals surface area contributed by atoms with Gasteiger partial charge in [-0.25, -0.2) is 0 Å². The molecule has 0 bridgehead atoms. The zero-order valence-electron chi connectivity index (χ0n) is 36.9. The first kappa shape index (κ1) is 38.7. The predicted octanol–water partition coefficient (Wildman–Crippen LogP) is 18.3. The molecule has 0 atom stereocenters. The lowest BCUT2D eigenvalue weighted by molar-refractivity contribution is 0.674. The van der Waals surface area contributed by atoms with E-state index in [4.69, 9.17) is 4.42 Å². The first-order valence-corrected chi connectivity index (χ1v) is 24.1. The van der Waals surface area contributed by atoms with Crippen LogP contribution in [-0.2, 0) is 5.41 Å². The standard InChI is InChI=1S/C65H41NOS/c1-3-19-44(20-4-1)65(45-21-5-2-6-22-45)56-31-12-9-26-55(56)61-57(65)32-17-34-59(61)66(46-39-36-43(37-40-46)48-27-15-30-54-50-25-11-14-35-60(50)68-64(48)54)58-33-13-10-24-49(58)51-28-16-29-52-53-41-38-42-18-7-8-23-47(42)62(53)67-63(51)52/h1-41H. The fourth-order valence-electron chi connectivity index (χ4n) is 11.5. The van der Waals surface area contributed by atoms with Gasteiger partial charge in [-0.05, 0) is 80.7 Å². The van der Waals surface area contributed by atoms with E-state index in [1.165, 1.54) is 70.1 Å². The van der Waals surface area contributed by atoms with Crippen LogP contribution in [0.15, 0.2) is 253 Å². The van der Waals surface area contributed by atoms with Crippen molar-refractivity contribution >= 4 is 81.3 Å². The molecule has 13 aromatic rings. The monoisotopic (exact) mass is 883 g/mol. The van der Waals surface area contributed by atoms with Crippen molar-refractivity contribution in [2.75, 3.05) is 4.90 Å². The number of nitrogens with zero attached hydrogens (tertiary/aromatic N) is 1. The van der Waals surface area contributed by atoms with E-state index in [9.17, 15) is 0 Å². The quantitative estimate of drug-likeness (QED) is 0.159. The van der Waals surface area contributed by atoms with Gasteiger partial charge < -0.3 is 9.32 Å². The number of para-hydroxylation sites is 2. The Labute approximate surface area is 398 Å². The zero-order valence-corrected chi connectivity index (χ0v) is 37.8. The lowest BCUT2D eigenvalue weighted by atomic mass is 9.68. The molecule has 1 aliphatic rings. The Kier molecular flexibility index (Phi) is 8.71. The summed E-state index contributed by atoms with van der Waals surface area (Å²) in [4.78, 5) is 2.50. The van der Waals surface area contributed by atoms with Crippen LogP contribution >= 0.6 is 11.3 Å². The smallest absolute Gasteiger partial charge is 0.143 e. The number of fused-ring (bicyclic) bond motifs is 11. The van der Waals surface area contributed by atoms with E-state index in [2.05, 4.69) is 254 Å². The van der Waals surface area contributed by atoms with Crippen molar-refractivity contribution in [1.82, 2.24) is 0 Å². The molecule has 2 nitrogen and oxygen atoms in total. The Bertz CT molecular complexity index is 4050. The summed E-state index contributed by atoms with van der Waals surface area (Å²) in [6, 6.07) is 91.2. The molecule has 0 saturated carbocycles. The van der Waals surface area contributed by atoms with E-state index in [1.807, 2.05) is 11.3 Å². The van der Waals surface area contributed by atoms with E-state index >= 15 is 0 Å². The molecule has 1 aliphatic carbocycles. The summed E-state index contributed by atoms with van der Waals surface area (Å²) in [5.74, 6) is 0. The largest absolute Gasteiger partial charge is 0.455 e. The van der Waals surface area contributed by atoms with Crippen molar-refractivity contribution in [1.29, 1.82) is 0 Å². The molecule has 0 amide bonds. The Balaban J connectivity index is 1.03. The van der Waals surface area contributed by atoms with E-state index in [0.717, 1.165) is 55.5 Å². The predicted molar refractivity (Wildman–Crippen MR) is 287 cm³/mol. The third-order valence-electron chi connectivity index (χ3n) is 14.4. The highest BCUT2D eigenvalue weighted by molar-refractivity contribution is 7.26. The molecule has 3 heteroatoms. The minimum absolute atomic E-state index is 0.551. The second-order valence-electron chi connectivity index (χ2n) is 17.9. The van der Waals surface area contributed by atoms with Crippen LogP contribution in [0.5, 0.6) is 0 Å². The molecule has 0 spiro atoms. The van der Waals surface area contributed by atoms with E-state index in [-0.39, 0.29) is 0 Å². The van der Waals surface area contributed by atoms with Crippen LogP contribution in [-0.4, -0.2) is 0 Å². The highest BCUT2D eigenvalue weighted by Crippen LogP contribution is 2.60. The van der Waals surface area contributed by atoms with Gasteiger partial charge in [0, 0.05) is 58.7 Å². The van der Waals surface area contributed by atoms with Crippen LogP contribution in [0.1, 0.15) is 22.3 Å². The topological polar surface area (TPSA) is 16.4 Å². The fraction of sp³-hybridized carbons (Fsp3) is 0.0154. The molecular formula is C65H41NOS. The third-order valence-corrected chi connectivity index (χ3v) is 15.6. The molecule has 2 aromatic heterocycles. The number of benzene rings is 11. The number of rotatable bonds is 7. The number of thiophene rings is 1. The van der Waals surface area contributed by atoms with Gasteiger partial charge >= 0.3 is 0 Å². The van der Waals surface area contributed by atoms with E-state index in [1.54, 1.807) is 0 Å². The van der Waals surface area contributed by atoms with E-state index in [0.29, 0.717) is 0 Å². The van der Waals surface area contributed by atoms with Crippen LogP contribution in [0.25, 0.3) is 86.3 Å². The average molecular weight is 884 g/mol. The Morgan fingerprint density at radius 3 is 1.74 bits per heavy atom. The maximum atomic E-state index is 7.05. The summed E-state index contributed by atoms with van der Waals surface area (Å²) in [7, 11) is 0. The van der Waals surface area contributed by atoms with Crippen LogP contribution in [0.4, 0.5) is 17.1 Å². The minimum atomic E-state index is -0.551. The summed E-state index contributed by atoms with van der Waals surface area (Å²) in [5.41, 5.74) is 16.5. The summed E-state index contributed by atoms with van der Waals surface area (Å²) < 4.78 is 9.67.